The van der Waals surface area contributed by atoms with E-state index in [1.165, 1.54) is 25.1 Å². The molecule has 1 atom stereocenters. The maximum Gasteiger partial charge on any atom is 0.415 e. The van der Waals surface area contributed by atoms with E-state index in [9.17, 15) is 9.59 Å². The van der Waals surface area contributed by atoms with Crippen molar-refractivity contribution in [2.24, 2.45) is 0 Å². The number of fused-ring (bicyclic) bond motifs is 1. The number of amides is 2. The zero-order valence-corrected chi connectivity index (χ0v) is 15.3. The first-order valence-corrected chi connectivity index (χ1v) is 8.61. The van der Waals surface area contributed by atoms with Crippen molar-refractivity contribution in [3.05, 3.63) is 18.2 Å². The van der Waals surface area contributed by atoms with Crippen molar-refractivity contribution in [2.75, 3.05) is 52.7 Å². The van der Waals surface area contributed by atoms with Crippen LogP contribution >= 0.6 is 0 Å². The Kier molecular flexibility index (Phi) is 5.77. The number of morpholine rings is 1. The number of nitrogens with zero attached hydrogens (tertiary/aromatic N) is 3. The van der Waals surface area contributed by atoms with Crippen LogP contribution in [0, 0.1) is 0 Å². The fraction of sp³-hybridized carbons (Fsp3) is 0.471. The highest BCUT2D eigenvalue weighted by Gasteiger charge is 2.30. The number of likely N-dealkylation sites (N-methyl/N-ethyl adjacent to an activating group) is 2. The predicted octanol–water partition coefficient (Wildman–Crippen LogP) is 0.287. The van der Waals surface area contributed by atoms with Gasteiger partial charge >= 0.3 is 6.09 Å². The number of anilines is 1. The Bertz CT molecular complexity index is 817. The van der Waals surface area contributed by atoms with Crippen LogP contribution in [0.1, 0.15) is 0 Å². The largest absolute Gasteiger partial charge is 0.415 e. The fourth-order valence-electron chi connectivity index (χ4n) is 2.88. The molecule has 2 aromatic rings. The van der Waals surface area contributed by atoms with Crippen molar-refractivity contribution >= 4 is 28.8 Å². The first kappa shape index (κ1) is 18.9. The molecule has 0 aliphatic carbocycles. The van der Waals surface area contributed by atoms with Gasteiger partial charge in [-0.25, -0.2) is 4.79 Å². The monoisotopic (exact) mass is 377 g/mol. The highest BCUT2D eigenvalue weighted by Crippen LogP contribution is 2.25. The van der Waals surface area contributed by atoms with E-state index in [-0.39, 0.29) is 17.5 Å². The number of benzene rings is 1. The summed E-state index contributed by atoms with van der Waals surface area (Å²) in [5.41, 5.74) is 6.09. The quantitative estimate of drug-likeness (QED) is 0.762. The minimum atomic E-state index is -0.690. The Labute approximate surface area is 156 Å². The Hall–Kier alpha value is -2.85. The number of nitrogens with two attached hydrogens (primary N) is 1. The van der Waals surface area contributed by atoms with Gasteiger partial charge in [-0.1, -0.05) is 5.16 Å². The topological polar surface area (TPSA) is 123 Å². The van der Waals surface area contributed by atoms with Crippen LogP contribution in [0.5, 0.6) is 5.75 Å². The van der Waals surface area contributed by atoms with Crippen LogP contribution in [0.25, 0.3) is 11.0 Å². The van der Waals surface area contributed by atoms with Crippen molar-refractivity contribution in [2.45, 2.75) is 6.04 Å². The summed E-state index contributed by atoms with van der Waals surface area (Å²) in [5, 5.41) is 6.90. The number of nitrogen functional groups attached to an aromatic ring is 1. The van der Waals surface area contributed by atoms with Gasteiger partial charge in [-0.2, -0.15) is 0 Å². The molecule has 0 bridgehead atoms. The highest BCUT2D eigenvalue weighted by atomic mass is 16.6. The number of rotatable bonds is 5. The average Bonchev–Trinajstić information content (AvgIpc) is 3.06. The third-order valence-corrected chi connectivity index (χ3v) is 4.52. The summed E-state index contributed by atoms with van der Waals surface area (Å²) in [5.74, 6) is 0.280. The second-order valence-corrected chi connectivity index (χ2v) is 6.25. The molecular weight excluding hydrogens is 354 g/mol. The van der Waals surface area contributed by atoms with Gasteiger partial charge in [0.2, 0.25) is 5.91 Å². The Balaban J connectivity index is 1.70. The molecule has 10 heteroatoms. The molecule has 0 radical (unpaired) electrons. The van der Waals surface area contributed by atoms with Gasteiger partial charge in [0, 0.05) is 39.8 Å². The van der Waals surface area contributed by atoms with Crippen LogP contribution in [-0.2, 0) is 9.53 Å². The van der Waals surface area contributed by atoms with Gasteiger partial charge in [0.05, 0.1) is 18.6 Å². The van der Waals surface area contributed by atoms with E-state index in [0.717, 1.165) is 0 Å². The normalized spacial score (nSPS) is 16.1. The zero-order chi connectivity index (χ0) is 19.4. The molecular formula is C17H23N5O5. The number of aromatic nitrogens is 1. The molecule has 1 saturated heterocycles. The van der Waals surface area contributed by atoms with Crippen LogP contribution in [0.15, 0.2) is 22.7 Å². The summed E-state index contributed by atoms with van der Waals surface area (Å²) >= 11 is 0. The molecule has 1 aromatic carbocycles. The lowest BCUT2D eigenvalue weighted by Crippen LogP contribution is -2.54. The lowest BCUT2D eigenvalue weighted by Gasteiger charge is -2.33. The van der Waals surface area contributed by atoms with Gasteiger partial charge in [0.25, 0.3) is 0 Å². The van der Waals surface area contributed by atoms with E-state index in [1.54, 1.807) is 12.1 Å². The molecule has 10 nitrogen and oxygen atoms in total. The van der Waals surface area contributed by atoms with E-state index in [2.05, 4.69) is 15.4 Å². The number of carbonyl (C=O) groups is 2. The van der Waals surface area contributed by atoms with Gasteiger partial charge in [-0.3, -0.25) is 14.6 Å². The van der Waals surface area contributed by atoms with Crippen LogP contribution in [0.2, 0.25) is 0 Å². The fourth-order valence-corrected chi connectivity index (χ4v) is 2.88. The summed E-state index contributed by atoms with van der Waals surface area (Å²) < 4.78 is 15.8. The highest BCUT2D eigenvalue weighted by molar-refractivity contribution is 5.89. The molecule has 1 unspecified atom stereocenters. The first-order valence-electron chi connectivity index (χ1n) is 8.61. The van der Waals surface area contributed by atoms with Gasteiger partial charge in [0.1, 0.15) is 11.8 Å². The van der Waals surface area contributed by atoms with Crippen LogP contribution in [0.3, 0.4) is 0 Å². The number of nitrogens with one attached hydrogen (secondary N) is 1. The number of hydrogen-bond acceptors (Lipinski definition) is 8. The molecule has 0 saturated carbocycles. The van der Waals surface area contributed by atoms with E-state index in [0.29, 0.717) is 43.8 Å². The maximum atomic E-state index is 12.6. The molecule has 1 aliphatic rings. The predicted molar refractivity (Wildman–Crippen MR) is 97.3 cm³/mol. The summed E-state index contributed by atoms with van der Waals surface area (Å²) in [6.07, 6.45) is -0.649. The summed E-state index contributed by atoms with van der Waals surface area (Å²) in [6.45, 7) is 3.02. The lowest BCUT2D eigenvalue weighted by atomic mass is 10.2. The van der Waals surface area contributed by atoms with E-state index in [4.69, 9.17) is 19.7 Å². The van der Waals surface area contributed by atoms with Crippen LogP contribution in [-0.4, -0.2) is 79.9 Å². The zero-order valence-electron chi connectivity index (χ0n) is 15.3. The van der Waals surface area contributed by atoms with Gasteiger partial charge in [-0.15, -0.1) is 0 Å². The van der Waals surface area contributed by atoms with E-state index in [1.807, 2.05) is 0 Å². The molecule has 1 aliphatic heterocycles. The summed E-state index contributed by atoms with van der Waals surface area (Å²) in [4.78, 5) is 28.2. The van der Waals surface area contributed by atoms with Crippen molar-refractivity contribution in [1.29, 1.82) is 0 Å². The molecule has 2 amide bonds. The first-order chi connectivity index (χ1) is 13.0. The van der Waals surface area contributed by atoms with Gasteiger partial charge in [0.15, 0.2) is 11.4 Å². The van der Waals surface area contributed by atoms with Crippen LogP contribution in [0.4, 0.5) is 10.6 Å². The Morgan fingerprint density at radius 3 is 2.85 bits per heavy atom. The standard InChI is InChI=1S/C17H23N5O5/c1-19-16(23)13(10-22-5-7-25-8-6-22)21(2)17(24)26-11-3-4-12-14(9-11)27-20-15(12)18/h3-4,9,13H,5-8,10H2,1-2H3,(H2,18,20)(H,19,23). The van der Waals surface area contributed by atoms with Gasteiger partial charge in [-0.05, 0) is 12.1 Å². The third-order valence-electron chi connectivity index (χ3n) is 4.52. The third kappa shape index (κ3) is 4.29. The van der Waals surface area contributed by atoms with E-state index >= 15 is 0 Å². The van der Waals surface area contributed by atoms with Crippen LogP contribution < -0.4 is 15.8 Å². The van der Waals surface area contributed by atoms with Crippen molar-refractivity contribution < 1.29 is 23.6 Å². The number of hydrogen-bond donors (Lipinski definition) is 2. The summed E-state index contributed by atoms with van der Waals surface area (Å²) in [7, 11) is 3.07. The van der Waals surface area contributed by atoms with E-state index < -0.39 is 12.1 Å². The minimum Gasteiger partial charge on any atom is -0.410 e. The smallest absolute Gasteiger partial charge is 0.410 e. The molecule has 2 heterocycles. The molecule has 146 valence electrons. The second-order valence-electron chi connectivity index (χ2n) is 6.25. The number of ether oxygens (including phenoxy) is 2. The Morgan fingerprint density at radius 1 is 1.41 bits per heavy atom. The molecule has 3 rings (SSSR count). The molecule has 0 spiro atoms. The SMILES string of the molecule is CNC(=O)C(CN1CCOCC1)N(C)C(=O)Oc1ccc2c(N)noc2c1. The number of carbonyl (C=O) groups excluding carboxylic acids is 2. The molecule has 1 fully saturated rings. The maximum absolute atomic E-state index is 12.6. The van der Waals surface area contributed by atoms with Crippen molar-refractivity contribution in [3.8, 4) is 5.75 Å². The molecule has 27 heavy (non-hydrogen) atoms. The average molecular weight is 377 g/mol. The summed E-state index contributed by atoms with van der Waals surface area (Å²) in [6, 6.07) is 4.10. The Morgan fingerprint density at radius 2 is 2.15 bits per heavy atom. The van der Waals surface area contributed by atoms with Crippen molar-refractivity contribution in [1.82, 2.24) is 20.3 Å². The second kappa shape index (κ2) is 8.23. The van der Waals surface area contributed by atoms with Crippen molar-refractivity contribution in [3.63, 3.8) is 0 Å². The van der Waals surface area contributed by atoms with Gasteiger partial charge < -0.3 is 25.0 Å². The molecule has 1 aromatic heterocycles. The molecule has 3 N–H and O–H groups in total. The minimum absolute atomic E-state index is 0.264. The lowest BCUT2D eigenvalue weighted by molar-refractivity contribution is -0.126.